The lowest BCUT2D eigenvalue weighted by atomic mass is 9.79. The molecule has 4 aromatic heterocycles. The second kappa shape index (κ2) is 10.3. The van der Waals surface area contributed by atoms with Crippen LogP contribution in [-0.2, 0) is 0 Å². The van der Waals surface area contributed by atoms with E-state index in [2.05, 4.69) is 25.6 Å². The Morgan fingerprint density at radius 3 is 2.65 bits per heavy atom. The van der Waals surface area contributed by atoms with E-state index in [0.29, 0.717) is 41.3 Å². The monoisotopic (exact) mass is 550 g/mol. The van der Waals surface area contributed by atoms with Gasteiger partial charge in [0.25, 0.3) is 5.95 Å². The molecule has 12 heteroatoms. The number of anilines is 3. The topological polar surface area (TPSA) is 112 Å². The van der Waals surface area contributed by atoms with Gasteiger partial charge in [0, 0.05) is 43.0 Å². The van der Waals surface area contributed by atoms with Gasteiger partial charge in [0.2, 0.25) is 0 Å². The first-order valence-corrected chi connectivity index (χ1v) is 13.3. The van der Waals surface area contributed by atoms with Crippen molar-refractivity contribution in [3.8, 4) is 11.4 Å². The molecule has 3 N–H and O–H groups in total. The van der Waals surface area contributed by atoms with Crippen LogP contribution >= 0.6 is 0 Å². The van der Waals surface area contributed by atoms with E-state index in [-0.39, 0.29) is 11.9 Å². The molecule has 2 atom stereocenters. The van der Waals surface area contributed by atoms with Gasteiger partial charge in [0.15, 0.2) is 23.3 Å². The quantitative estimate of drug-likeness (QED) is 0.300. The Balaban J connectivity index is 1.45. The lowest BCUT2D eigenvalue weighted by Gasteiger charge is -2.43. The molecule has 0 spiro atoms. The SMILES string of the molecule is CN(c1nc(-c2ccnc(Nc3nc(F)c(F)cc3F)c2)nc2cncc(C3CCC3)c12)C1CCNC[C@@]1(C)O. The highest BCUT2D eigenvalue weighted by atomic mass is 19.2. The zero-order chi connectivity index (χ0) is 28.0. The number of aliphatic hydroxyl groups is 1. The number of fused-ring (bicyclic) bond motifs is 1. The van der Waals surface area contributed by atoms with Gasteiger partial charge in [-0.25, -0.2) is 23.7 Å². The molecule has 0 aromatic carbocycles. The van der Waals surface area contributed by atoms with Crippen LogP contribution in [0.5, 0.6) is 0 Å². The molecule has 2 aliphatic rings. The lowest BCUT2D eigenvalue weighted by molar-refractivity contribution is 0.0143. The average molecular weight is 551 g/mol. The largest absolute Gasteiger partial charge is 0.387 e. The number of rotatable bonds is 6. The highest BCUT2D eigenvalue weighted by Crippen LogP contribution is 2.42. The number of aromatic nitrogens is 5. The van der Waals surface area contributed by atoms with Crippen molar-refractivity contribution in [2.75, 3.05) is 30.4 Å². The maximum absolute atomic E-state index is 14.2. The first-order chi connectivity index (χ1) is 19.2. The molecule has 1 aliphatic heterocycles. The molecular formula is C28H29F3N8O. The number of β-amino-alcohol motifs (C(OH)–C–C–N with tert-alkyl or cyclic N) is 1. The molecule has 1 saturated heterocycles. The van der Waals surface area contributed by atoms with E-state index in [1.165, 1.54) is 6.20 Å². The normalized spacial score (nSPS) is 21.3. The zero-order valence-corrected chi connectivity index (χ0v) is 22.1. The highest BCUT2D eigenvalue weighted by molar-refractivity contribution is 5.94. The lowest BCUT2D eigenvalue weighted by Crippen LogP contribution is -2.59. The van der Waals surface area contributed by atoms with Crippen molar-refractivity contribution in [3.63, 3.8) is 0 Å². The number of likely N-dealkylation sites (N-methyl/N-ethyl adjacent to an activating group) is 1. The van der Waals surface area contributed by atoms with Gasteiger partial charge in [0.05, 0.1) is 23.4 Å². The van der Waals surface area contributed by atoms with Gasteiger partial charge in [0.1, 0.15) is 11.6 Å². The van der Waals surface area contributed by atoms with Crippen LogP contribution in [0.4, 0.5) is 30.6 Å². The fraction of sp³-hybridized carbons (Fsp3) is 0.393. The van der Waals surface area contributed by atoms with Crippen molar-refractivity contribution < 1.29 is 18.3 Å². The summed E-state index contributed by atoms with van der Waals surface area (Å²) in [6.07, 6.45) is 9.12. The third-order valence-corrected chi connectivity index (χ3v) is 7.91. The Labute approximate surface area is 228 Å². The van der Waals surface area contributed by atoms with E-state index in [1.807, 2.05) is 25.1 Å². The molecule has 1 aliphatic carbocycles. The Bertz CT molecular complexity index is 1580. The second-order valence-electron chi connectivity index (χ2n) is 10.7. The van der Waals surface area contributed by atoms with Crippen LogP contribution in [0.1, 0.15) is 44.1 Å². The molecule has 5 heterocycles. The van der Waals surface area contributed by atoms with Crippen LogP contribution in [-0.4, -0.2) is 61.8 Å². The first kappa shape index (κ1) is 26.3. The van der Waals surface area contributed by atoms with Crippen LogP contribution in [0.25, 0.3) is 22.3 Å². The van der Waals surface area contributed by atoms with Gasteiger partial charge in [-0.2, -0.15) is 9.37 Å². The number of hydrogen-bond acceptors (Lipinski definition) is 9. The molecular weight excluding hydrogens is 521 g/mol. The summed E-state index contributed by atoms with van der Waals surface area (Å²) in [5.74, 6) is -2.76. The summed E-state index contributed by atoms with van der Waals surface area (Å²) in [7, 11) is 1.94. The molecule has 208 valence electrons. The van der Waals surface area contributed by atoms with Crippen molar-refractivity contribution in [2.45, 2.75) is 50.2 Å². The van der Waals surface area contributed by atoms with E-state index in [1.54, 1.807) is 18.3 Å². The minimum Gasteiger partial charge on any atom is -0.387 e. The van der Waals surface area contributed by atoms with Gasteiger partial charge in [-0.05, 0) is 56.3 Å². The van der Waals surface area contributed by atoms with Crippen LogP contribution < -0.4 is 15.5 Å². The average Bonchev–Trinajstić information content (AvgIpc) is 2.90. The van der Waals surface area contributed by atoms with Crippen molar-refractivity contribution in [1.82, 2.24) is 30.2 Å². The van der Waals surface area contributed by atoms with Crippen LogP contribution in [0.2, 0.25) is 0 Å². The third kappa shape index (κ3) is 4.81. The summed E-state index contributed by atoms with van der Waals surface area (Å²) >= 11 is 0. The number of hydrogen-bond donors (Lipinski definition) is 3. The molecule has 1 unspecified atom stereocenters. The number of halogens is 3. The van der Waals surface area contributed by atoms with E-state index in [4.69, 9.17) is 9.97 Å². The molecule has 2 fully saturated rings. The van der Waals surface area contributed by atoms with Gasteiger partial charge in [-0.15, -0.1) is 0 Å². The van der Waals surface area contributed by atoms with E-state index in [9.17, 15) is 18.3 Å². The molecule has 40 heavy (non-hydrogen) atoms. The Morgan fingerprint density at radius 2 is 1.90 bits per heavy atom. The zero-order valence-electron chi connectivity index (χ0n) is 22.1. The van der Waals surface area contributed by atoms with Crippen LogP contribution in [0, 0.1) is 17.6 Å². The van der Waals surface area contributed by atoms with Crippen molar-refractivity contribution in [1.29, 1.82) is 0 Å². The molecule has 4 aromatic rings. The van der Waals surface area contributed by atoms with Crippen LogP contribution in [0.3, 0.4) is 0 Å². The van der Waals surface area contributed by atoms with Gasteiger partial charge < -0.3 is 20.6 Å². The molecule has 9 nitrogen and oxygen atoms in total. The van der Waals surface area contributed by atoms with Gasteiger partial charge in [-0.1, -0.05) is 6.42 Å². The second-order valence-corrected chi connectivity index (χ2v) is 10.7. The number of nitrogens with zero attached hydrogens (tertiary/aromatic N) is 6. The van der Waals surface area contributed by atoms with E-state index in [0.717, 1.165) is 43.2 Å². The molecule has 0 bridgehead atoms. The minimum absolute atomic E-state index is 0.149. The van der Waals surface area contributed by atoms with Crippen molar-refractivity contribution in [3.05, 3.63) is 59.9 Å². The Kier molecular flexibility index (Phi) is 6.75. The molecule has 0 amide bonds. The molecule has 1 saturated carbocycles. The maximum Gasteiger partial charge on any atom is 0.251 e. The summed E-state index contributed by atoms with van der Waals surface area (Å²) in [4.78, 5) is 23.8. The summed E-state index contributed by atoms with van der Waals surface area (Å²) < 4.78 is 41.2. The summed E-state index contributed by atoms with van der Waals surface area (Å²) in [5.41, 5.74) is 1.35. The van der Waals surface area contributed by atoms with E-state index >= 15 is 0 Å². The maximum atomic E-state index is 14.2. The standard InChI is InChI=1S/C28H29F3N8O/c1-28(40)14-32-8-7-21(28)39(2)27-23-17(15-4-3-5-15)12-33-13-20(23)35-25(38-27)16-6-9-34-22(10-16)36-26-19(30)11-18(29)24(31)37-26/h6,9-13,15,21,32,40H,3-5,7-8,14H2,1-2H3,(H,34,36,37)/t21?,28-/m1/s1. The van der Waals surface area contributed by atoms with Crippen molar-refractivity contribution >= 4 is 28.4 Å². The predicted octanol–water partition coefficient (Wildman–Crippen LogP) is 4.46. The highest BCUT2D eigenvalue weighted by Gasteiger charge is 2.39. The fourth-order valence-electron chi connectivity index (χ4n) is 5.56. The summed E-state index contributed by atoms with van der Waals surface area (Å²) in [6, 6.07) is 3.51. The Morgan fingerprint density at radius 1 is 1.07 bits per heavy atom. The smallest absolute Gasteiger partial charge is 0.251 e. The number of nitrogens with one attached hydrogen (secondary N) is 2. The summed E-state index contributed by atoms with van der Waals surface area (Å²) in [5, 5.41) is 18.0. The van der Waals surface area contributed by atoms with E-state index < -0.39 is 29.0 Å². The summed E-state index contributed by atoms with van der Waals surface area (Å²) in [6.45, 7) is 3.06. The molecule has 6 rings (SSSR count). The van der Waals surface area contributed by atoms with Crippen LogP contribution in [0.15, 0.2) is 36.8 Å². The van der Waals surface area contributed by atoms with Gasteiger partial charge in [-0.3, -0.25) is 4.98 Å². The molecule has 0 radical (unpaired) electrons. The third-order valence-electron chi connectivity index (χ3n) is 7.91. The van der Waals surface area contributed by atoms with Gasteiger partial charge >= 0.3 is 0 Å². The number of piperidine rings is 1. The van der Waals surface area contributed by atoms with Crippen molar-refractivity contribution in [2.24, 2.45) is 0 Å². The minimum atomic E-state index is -1.42. The first-order valence-electron chi connectivity index (χ1n) is 13.3. The number of pyridine rings is 3. The fourth-order valence-corrected chi connectivity index (χ4v) is 5.56. The Hall–Kier alpha value is -3.90. The predicted molar refractivity (Wildman–Crippen MR) is 145 cm³/mol.